The van der Waals surface area contributed by atoms with Gasteiger partial charge in [0.1, 0.15) is 0 Å². The molecule has 1 aliphatic heterocycles. The topological polar surface area (TPSA) is 49.4 Å². The van der Waals surface area contributed by atoms with Crippen LogP contribution >= 0.6 is 15.9 Å². The molecule has 1 atom stereocenters. The summed E-state index contributed by atoms with van der Waals surface area (Å²) in [6.07, 6.45) is 0.326. The second-order valence-corrected chi connectivity index (χ2v) is 7.07. The molecule has 2 aromatic rings. The molecule has 0 radical (unpaired) electrons. The molecule has 124 valence electrons. The highest BCUT2D eigenvalue weighted by molar-refractivity contribution is 9.10. The molecule has 0 aliphatic carbocycles. The first-order chi connectivity index (χ1) is 11.4. The molecule has 1 saturated heterocycles. The van der Waals surface area contributed by atoms with Gasteiger partial charge in [-0.15, -0.1) is 0 Å². The van der Waals surface area contributed by atoms with E-state index in [0.717, 1.165) is 15.7 Å². The fraction of sp³-hybridized carbons (Fsp3) is 0.263. The number of aryl methyl sites for hydroxylation is 2. The van der Waals surface area contributed by atoms with Gasteiger partial charge in [-0.1, -0.05) is 28.1 Å². The molecule has 2 amide bonds. The highest BCUT2D eigenvalue weighted by atomic mass is 79.9. The second-order valence-electron chi connectivity index (χ2n) is 6.16. The summed E-state index contributed by atoms with van der Waals surface area (Å²) in [5, 5.41) is 2.96. The van der Waals surface area contributed by atoms with Crippen molar-refractivity contribution >= 4 is 33.4 Å². The predicted octanol–water partition coefficient (Wildman–Crippen LogP) is 3.60. The summed E-state index contributed by atoms with van der Waals surface area (Å²) in [4.78, 5) is 26.4. The maximum absolute atomic E-state index is 12.3. The molecule has 24 heavy (non-hydrogen) atoms. The van der Waals surface area contributed by atoms with E-state index in [1.807, 2.05) is 44.2 Å². The van der Waals surface area contributed by atoms with Crippen molar-refractivity contribution in [1.29, 1.82) is 0 Å². The fourth-order valence-corrected chi connectivity index (χ4v) is 3.24. The van der Waals surface area contributed by atoms with Crippen LogP contribution < -0.4 is 10.2 Å². The van der Waals surface area contributed by atoms with Crippen LogP contribution in [0.1, 0.15) is 27.9 Å². The van der Waals surface area contributed by atoms with Gasteiger partial charge in [0.05, 0.1) is 6.04 Å². The summed E-state index contributed by atoms with van der Waals surface area (Å²) >= 11 is 3.36. The zero-order valence-corrected chi connectivity index (χ0v) is 15.3. The number of nitrogens with zero attached hydrogens (tertiary/aromatic N) is 1. The van der Waals surface area contributed by atoms with E-state index in [-0.39, 0.29) is 17.9 Å². The van der Waals surface area contributed by atoms with Gasteiger partial charge in [-0.2, -0.15) is 0 Å². The van der Waals surface area contributed by atoms with E-state index in [9.17, 15) is 9.59 Å². The fourth-order valence-electron chi connectivity index (χ4n) is 2.85. The van der Waals surface area contributed by atoms with Crippen LogP contribution in [-0.4, -0.2) is 24.4 Å². The number of hydrogen-bond acceptors (Lipinski definition) is 2. The van der Waals surface area contributed by atoms with Gasteiger partial charge in [-0.25, -0.2) is 0 Å². The number of rotatable bonds is 3. The average molecular weight is 387 g/mol. The predicted molar refractivity (Wildman–Crippen MR) is 98.3 cm³/mol. The molecule has 1 heterocycles. The van der Waals surface area contributed by atoms with E-state index < -0.39 is 0 Å². The Morgan fingerprint density at radius 1 is 1.17 bits per heavy atom. The maximum atomic E-state index is 12.3. The van der Waals surface area contributed by atoms with E-state index in [4.69, 9.17) is 0 Å². The minimum absolute atomic E-state index is 0.0396. The summed E-state index contributed by atoms with van der Waals surface area (Å²) in [6.45, 7) is 4.58. The van der Waals surface area contributed by atoms with Crippen molar-refractivity contribution in [1.82, 2.24) is 5.32 Å². The highest BCUT2D eigenvalue weighted by Gasteiger charge is 2.31. The third-order valence-electron chi connectivity index (χ3n) is 4.35. The number of anilines is 1. The lowest BCUT2D eigenvalue weighted by Crippen LogP contribution is -2.37. The minimum Gasteiger partial charge on any atom is -0.347 e. The zero-order valence-electron chi connectivity index (χ0n) is 13.7. The van der Waals surface area contributed by atoms with Crippen LogP contribution in [0.25, 0.3) is 0 Å². The van der Waals surface area contributed by atoms with Gasteiger partial charge < -0.3 is 10.2 Å². The summed E-state index contributed by atoms with van der Waals surface area (Å²) < 4.78 is 0.856. The van der Waals surface area contributed by atoms with Crippen LogP contribution in [0.3, 0.4) is 0 Å². The molecular weight excluding hydrogens is 368 g/mol. The lowest BCUT2D eigenvalue weighted by atomic mass is 10.1. The van der Waals surface area contributed by atoms with E-state index >= 15 is 0 Å². The van der Waals surface area contributed by atoms with E-state index in [1.54, 1.807) is 17.0 Å². The van der Waals surface area contributed by atoms with Crippen LogP contribution in [-0.2, 0) is 4.79 Å². The Morgan fingerprint density at radius 3 is 2.67 bits per heavy atom. The quantitative estimate of drug-likeness (QED) is 0.875. The van der Waals surface area contributed by atoms with Gasteiger partial charge in [0.15, 0.2) is 0 Å². The van der Waals surface area contributed by atoms with E-state index in [2.05, 4.69) is 21.2 Å². The average Bonchev–Trinajstić information content (AvgIpc) is 2.90. The number of carbonyl (C=O) groups is 2. The SMILES string of the molecule is Cc1ccc(N2C[C@@H](NC(=O)c3cccc(Br)c3)CC2=O)cc1C. The normalized spacial score (nSPS) is 17.2. The van der Waals surface area contributed by atoms with Gasteiger partial charge in [0.2, 0.25) is 5.91 Å². The lowest BCUT2D eigenvalue weighted by Gasteiger charge is -2.18. The molecule has 1 N–H and O–H groups in total. The van der Waals surface area contributed by atoms with Crippen LogP contribution in [0.5, 0.6) is 0 Å². The Morgan fingerprint density at radius 2 is 1.96 bits per heavy atom. The first kappa shape index (κ1) is 16.7. The first-order valence-electron chi connectivity index (χ1n) is 7.88. The van der Waals surface area contributed by atoms with Gasteiger partial charge in [-0.05, 0) is 55.3 Å². The third-order valence-corrected chi connectivity index (χ3v) is 4.84. The molecule has 0 spiro atoms. The van der Waals surface area contributed by atoms with Gasteiger partial charge in [-0.3, -0.25) is 9.59 Å². The molecular formula is C19H19BrN2O2. The Bertz CT molecular complexity index is 804. The van der Waals surface area contributed by atoms with Gasteiger partial charge in [0, 0.05) is 28.7 Å². The number of benzene rings is 2. The number of carbonyl (C=O) groups excluding carboxylic acids is 2. The Hall–Kier alpha value is -2.14. The molecule has 5 heteroatoms. The summed E-state index contributed by atoms with van der Waals surface area (Å²) in [5.41, 5.74) is 3.83. The van der Waals surface area contributed by atoms with Crippen LogP contribution in [0.15, 0.2) is 46.9 Å². The molecule has 0 bridgehead atoms. The Balaban J connectivity index is 1.70. The second kappa shape index (κ2) is 6.77. The number of hydrogen-bond donors (Lipinski definition) is 1. The molecule has 0 aromatic heterocycles. The van der Waals surface area contributed by atoms with Crippen LogP contribution in [0, 0.1) is 13.8 Å². The summed E-state index contributed by atoms with van der Waals surface area (Å²) in [5.74, 6) is -0.117. The standard InChI is InChI=1S/C19H19BrN2O2/c1-12-6-7-17(8-13(12)2)22-11-16(10-18(22)23)21-19(24)14-4-3-5-15(20)9-14/h3-9,16H,10-11H2,1-2H3,(H,21,24)/t16-/m0/s1. The Labute approximate surface area is 150 Å². The van der Waals surface area contributed by atoms with Gasteiger partial charge >= 0.3 is 0 Å². The maximum Gasteiger partial charge on any atom is 0.251 e. The van der Waals surface area contributed by atoms with Gasteiger partial charge in [0.25, 0.3) is 5.91 Å². The molecule has 1 fully saturated rings. The van der Waals surface area contributed by atoms with E-state index in [1.165, 1.54) is 5.56 Å². The van der Waals surface area contributed by atoms with Crippen LogP contribution in [0.2, 0.25) is 0 Å². The molecule has 2 aromatic carbocycles. The van der Waals surface area contributed by atoms with Crippen molar-refractivity contribution in [3.05, 3.63) is 63.6 Å². The minimum atomic E-state index is -0.175. The van der Waals surface area contributed by atoms with Crippen molar-refractivity contribution in [2.24, 2.45) is 0 Å². The van der Waals surface area contributed by atoms with Crippen molar-refractivity contribution in [2.45, 2.75) is 26.3 Å². The van der Waals surface area contributed by atoms with Crippen LogP contribution in [0.4, 0.5) is 5.69 Å². The molecule has 0 unspecified atom stereocenters. The molecule has 4 nitrogen and oxygen atoms in total. The number of halogens is 1. The molecule has 0 saturated carbocycles. The number of nitrogens with one attached hydrogen (secondary N) is 1. The third kappa shape index (κ3) is 3.51. The molecule has 3 rings (SSSR count). The first-order valence-corrected chi connectivity index (χ1v) is 8.67. The largest absolute Gasteiger partial charge is 0.347 e. The lowest BCUT2D eigenvalue weighted by molar-refractivity contribution is -0.117. The van der Waals surface area contributed by atoms with E-state index in [0.29, 0.717) is 18.5 Å². The monoisotopic (exact) mass is 386 g/mol. The summed E-state index contributed by atoms with van der Waals surface area (Å²) in [6, 6.07) is 13.0. The molecule has 1 aliphatic rings. The number of amides is 2. The Kier molecular flexibility index (Phi) is 4.71. The smallest absolute Gasteiger partial charge is 0.251 e. The van der Waals surface area contributed by atoms with Crippen molar-refractivity contribution in [2.75, 3.05) is 11.4 Å². The zero-order chi connectivity index (χ0) is 17.3. The summed E-state index contributed by atoms with van der Waals surface area (Å²) in [7, 11) is 0. The van der Waals surface area contributed by atoms with Crippen molar-refractivity contribution < 1.29 is 9.59 Å². The van der Waals surface area contributed by atoms with Crippen molar-refractivity contribution in [3.8, 4) is 0 Å². The highest BCUT2D eigenvalue weighted by Crippen LogP contribution is 2.24. The van der Waals surface area contributed by atoms with Crippen molar-refractivity contribution in [3.63, 3.8) is 0 Å².